The topological polar surface area (TPSA) is 65.5 Å². The molecule has 0 unspecified atom stereocenters. The Hall–Kier alpha value is -2.70. The van der Waals surface area contributed by atoms with Crippen LogP contribution in [-0.4, -0.2) is 65.3 Å². The van der Waals surface area contributed by atoms with Gasteiger partial charge in [0.2, 0.25) is 0 Å². The van der Waals surface area contributed by atoms with Crippen LogP contribution in [0, 0.1) is 5.92 Å². The maximum absolute atomic E-state index is 12.5. The first-order valence-electron chi connectivity index (χ1n) is 9.73. The second-order valence-corrected chi connectivity index (χ2v) is 7.43. The minimum atomic E-state index is 0.0674. The summed E-state index contributed by atoms with van der Waals surface area (Å²) in [7, 11) is 0. The van der Waals surface area contributed by atoms with Crippen LogP contribution >= 0.6 is 0 Å². The largest absolute Gasteiger partial charge is 0.355 e. The van der Waals surface area contributed by atoms with Crippen molar-refractivity contribution in [2.45, 2.75) is 19.8 Å². The zero-order valence-corrected chi connectivity index (χ0v) is 15.8. The van der Waals surface area contributed by atoms with Gasteiger partial charge in [-0.15, -0.1) is 10.2 Å². The second kappa shape index (κ2) is 7.90. The molecule has 2 aromatic rings. The Kier molecular flexibility index (Phi) is 5.18. The molecule has 2 saturated heterocycles. The van der Waals surface area contributed by atoms with Crippen molar-refractivity contribution in [2.24, 2.45) is 5.92 Å². The Labute approximate surface area is 160 Å². The number of hydrogen-bond acceptors (Lipinski definition) is 6. The normalized spacial score (nSPS) is 18.6. The number of amides is 1. The molecule has 0 radical (unpaired) electrons. The van der Waals surface area contributed by atoms with Crippen LogP contribution in [0.15, 0.2) is 36.7 Å². The van der Waals surface area contributed by atoms with Gasteiger partial charge < -0.3 is 14.7 Å². The fraction of sp³-hybridized carbons (Fsp3) is 0.500. The highest BCUT2D eigenvalue weighted by molar-refractivity contribution is 5.94. The summed E-state index contributed by atoms with van der Waals surface area (Å²) in [6, 6.07) is 7.66. The summed E-state index contributed by atoms with van der Waals surface area (Å²) < 4.78 is 0. The molecule has 4 rings (SSSR count). The van der Waals surface area contributed by atoms with E-state index in [4.69, 9.17) is 0 Å². The van der Waals surface area contributed by atoms with E-state index in [-0.39, 0.29) is 5.91 Å². The average molecular weight is 366 g/mol. The Bertz CT molecular complexity index is 750. The first kappa shape index (κ1) is 17.7. The summed E-state index contributed by atoms with van der Waals surface area (Å²) in [5.74, 6) is 2.73. The molecule has 1 amide bonds. The van der Waals surface area contributed by atoms with E-state index in [2.05, 4.69) is 44.0 Å². The summed E-state index contributed by atoms with van der Waals surface area (Å²) in [6.07, 6.45) is 5.75. The molecule has 2 aliphatic rings. The molecule has 142 valence electrons. The van der Waals surface area contributed by atoms with Crippen LogP contribution in [0.25, 0.3) is 0 Å². The smallest absolute Gasteiger partial charge is 0.254 e. The predicted molar refractivity (Wildman–Crippen MR) is 105 cm³/mol. The third-order valence-electron chi connectivity index (χ3n) is 5.56. The minimum absolute atomic E-state index is 0.0674. The number of carbonyl (C=O) groups is 1. The predicted octanol–water partition coefficient (Wildman–Crippen LogP) is 2.07. The lowest BCUT2D eigenvalue weighted by Crippen LogP contribution is -2.49. The van der Waals surface area contributed by atoms with E-state index in [1.807, 2.05) is 4.90 Å². The molecule has 27 heavy (non-hydrogen) atoms. The highest BCUT2D eigenvalue weighted by Crippen LogP contribution is 2.22. The van der Waals surface area contributed by atoms with Gasteiger partial charge in [-0.05, 0) is 43.0 Å². The summed E-state index contributed by atoms with van der Waals surface area (Å²) >= 11 is 0. The van der Waals surface area contributed by atoms with E-state index < -0.39 is 0 Å². The maximum atomic E-state index is 12.5. The van der Waals surface area contributed by atoms with Gasteiger partial charge in [0.05, 0.1) is 0 Å². The highest BCUT2D eigenvalue weighted by Gasteiger charge is 2.23. The van der Waals surface area contributed by atoms with E-state index in [0.717, 1.165) is 43.7 Å². The lowest BCUT2D eigenvalue weighted by atomic mass is 9.99. The summed E-state index contributed by atoms with van der Waals surface area (Å²) in [6.45, 7) is 7.35. The maximum Gasteiger partial charge on any atom is 0.254 e. The number of hydrogen-bond donors (Lipinski definition) is 0. The van der Waals surface area contributed by atoms with Gasteiger partial charge in [0.25, 0.3) is 5.91 Å². The van der Waals surface area contributed by atoms with Crippen LogP contribution in [0.1, 0.15) is 30.1 Å². The minimum Gasteiger partial charge on any atom is -0.355 e. The Morgan fingerprint density at radius 3 is 1.96 bits per heavy atom. The quantitative estimate of drug-likeness (QED) is 0.829. The van der Waals surface area contributed by atoms with Crippen LogP contribution in [0.3, 0.4) is 0 Å². The molecule has 2 fully saturated rings. The van der Waals surface area contributed by atoms with Crippen molar-refractivity contribution in [3.8, 4) is 0 Å². The Morgan fingerprint density at radius 1 is 0.852 bits per heavy atom. The van der Waals surface area contributed by atoms with Crippen molar-refractivity contribution in [2.75, 3.05) is 49.1 Å². The van der Waals surface area contributed by atoms with Gasteiger partial charge in [-0.1, -0.05) is 6.92 Å². The number of carbonyl (C=O) groups excluding carboxylic acids is 1. The molecule has 0 aliphatic carbocycles. The molecule has 0 aromatic carbocycles. The first-order valence-corrected chi connectivity index (χ1v) is 9.73. The van der Waals surface area contributed by atoms with E-state index >= 15 is 0 Å². The van der Waals surface area contributed by atoms with Crippen LogP contribution in [0.5, 0.6) is 0 Å². The van der Waals surface area contributed by atoms with Gasteiger partial charge in [-0.25, -0.2) is 0 Å². The van der Waals surface area contributed by atoms with E-state index in [0.29, 0.717) is 18.7 Å². The standard InChI is InChI=1S/C20H26N6O/c1-16-6-10-24(11-7-16)18-2-3-19(23-22-18)25-12-14-26(15-13-25)20(27)17-4-8-21-9-5-17/h2-5,8-9,16H,6-7,10-15H2,1H3. The van der Waals surface area contributed by atoms with Crippen molar-refractivity contribution >= 4 is 17.5 Å². The van der Waals surface area contributed by atoms with E-state index in [9.17, 15) is 4.79 Å². The van der Waals surface area contributed by atoms with Gasteiger partial charge in [0.15, 0.2) is 11.6 Å². The van der Waals surface area contributed by atoms with Gasteiger partial charge >= 0.3 is 0 Å². The van der Waals surface area contributed by atoms with E-state index in [1.54, 1.807) is 24.5 Å². The third-order valence-corrected chi connectivity index (χ3v) is 5.56. The van der Waals surface area contributed by atoms with E-state index in [1.165, 1.54) is 12.8 Å². The SMILES string of the molecule is CC1CCN(c2ccc(N3CCN(C(=O)c4ccncc4)CC3)nn2)CC1. The number of rotatable bonds is 3. The Morgan fingerprint density at radius 2 is 1.41 bits per heavy atom. The zero-order chi connectivity index (χ0) is 18.6. The molecule has 0 saturated carbocycles. The number of pyridine rings is 1. The van der Waals surface area contributed by atoms with Crippen LogP contribution in [0.4, 0.5) is 11.6 Å². The highest BCUT2D eigenvalue weighted by atomic mass is 16.2. The number of piperazine rings is 1. The molecular weight excluding hydrogens is 340 g/mol. The second-order valence-electron chi connectivity index (χ2n) is 7.43. The number of anilines is 2. The monoisotopic (exact) mass is 366 g/mol. The van der Waals surface area contributed by atoms with Crippen LogP contribution in [0.2, 0.25) is 0 Å². The van der Waals surface area contributed by atoms with Crippen molar-refractivity contribution in [3.05, 3.63) is 42.2 Å². The number of nitrogens with zero attached hydrogens (tertiary/aromatic N) is 6. The molecule has 0 spiro atoms. The average Bonchev–Trinajstić information content (AvgIpc) is 2.75. The molecule has 0 bridgehead atoms. The van der Waals surface area contributed by atoms with Crippen molar-refractivity contribution in [1.29, 1.82) is 0 Å². The fourth-order valence-corrected chi connectivity index (χ4v) is 3.71. The van der Waals surface area contributed by atoms with Crippen LogP contribution in [-0.2, 0) is 0 Å². The van der Waals surface area contributed by atoms with Crippen LogP contribution < -0.4 is 9.80 Å². The number of piperidine rings is 1. The summed E-state index contributed by atoms with van der Waals surface area (Å²) in [4.78, 5) is 22.9. The van der Waals surface area contributed by atoms with Gasteiger partial charge in [0, 0.05) is 57.2 Å². The van der Waals surface area contributed by atoms with Crippen molar-refractivity contribution in [1.82, 2.24) is 20.1 Å². The third kappa shape index (κ3) is 4.02. The lowest BCUT2D eigenvalue weighted by Gasteiger charge is -2.35. The summed E-state index contributed by atoms with van der Waals surface area (Å²) in [5, 5.41) is 8.90. The molecule has 0 atom stereocenters. The van der Waals surface area contributed by atoms with Gasteiger partial charge in [0.1, 0.15) is 0 Å². The molecule has 7 heteroatoms. The Balaban J connectivity index is 1.34. The van der Waals surface area contributed by atoms with Crippen molar-refractivity contribution < 1.29 is 4.79 Å². The molecule has 2 aliphatic heterocycles. The van der Waals surface area contributed by atoms with Crippen molar-refractivity contribution in [3.63, 3.8) is 0 Å². The molecule has 4 heterocycles. The molecule has 7 nitrogen and oxygen atoms in total. The number of aromatic nitrogens is 3. The summed E-state index contributed by atoms with van der Waals surface area (Å²) in [5.41, 5.74) is 0.693. The van der Waals surface area contributed by atoms with Gasteiger partial charge in [-0.2, -0.15) is 0 Å². The molecule has 2 aromatic heterocycles. The van der Waals surface area contributed by atoms with Gasteiger partial charge in [-0.3, -0.25) is 9.78 Å². The first-order chi connectivity index (χ1) is 13.2. The fourth-order valence-electron chi connectivity index (χ4n) is 3.71. The molecule has 0 N–H and O–H groups in total. The molecular formula is C20H26N6O. The zero-order valence-electron chi connectivity index (χ0n) is 15.8. The lowest BCUT2D eigenvalue weighted by molar-refractivity contribution is 0.0746.